The first kappa shape index (κ1) is 8.47. The molecule has 2 aromatic rings. The molecule has 1 aliphatic rings. The Hall–Kier alpha value is -1.84. The minimum absolute atomic E-state index is 0.573. The van der Waals surface area contributed by atoms with Crippen molar-refractivity contribution in [3.8, 4) is 11.6 Å². The lowest BCUT2D eigenvalue weighted by Crippen LogP contribution is -2.14. The minimum atomic E-state index is 0.573. The second-order valence-electron chi connectivity index (χ2n) is 3.77. The molecule has 0 amide bonds. The zero-order valence-corrected chi connectivity index (χ0v) is 8.69. The summed E-state index contributed by atoms with van der Waals surface area (Å²) in [7, 11) is 0. The summed E-state index contributed by atoms with van der Waals surface area (Å²) in [6.45, 7) is 4.56. The molecule has 0 aromatic carbocycles. The molecule has 1 aliphatic heterocycles. The lowest BCUT2D eigenvalue weighted by atomic mass is 10.2. The average Bonchev–Trinajstić information content (AvgIpc) is 2.60. The number of imidazole rings is 1. The van der Waals surface area contributed by atoms with Crippen molar-refractivity contribution in [3.63, 3.8) is 0 Å². The van der Waals surface area contributed by atoms with Gasteiger partial charge in [-0.3, -0.25) is 4.57 Å². The zero-order chi connectivity index (χ0) is 10.4. The summed E-state index contributed by atoms with van der Waals surface area (Å²) in [6, 6.07) is 2.00. The third kappa shape index (κ3) is 1.14. The number of fused-ring (bicyclic) bond motifs is 3. The summed E-state index contributed by atoms with van der Waals surface area (Å²) in [5.41, 5.74) is 3.19. The molecule has 0 N–H and O–H groups in total. The van der Waals surface area contributed by atoms with E-state index in [0.717, 1.165) is 28.5 Å². The molecule has 15 heavy (non-hydrogen) atoms. The van der Waals surface area contributed by atoms with Crippen molar-refractivity contribution in [1.29, 1.82) is 0 Å². The van der Waals surface area contributed by atoms with Crippen LogP contribution in [-0.4, -0.2) is 14.5 Å². The number of hydrogen-bond acceptors (Lipinski definition) is 3. The molecule has 0 fully saturated rings. The molecule has 0 atom stereocenters. The summed E-state index contributed by atoms with van der Waals surface area (Å²) in [6.07, 6.45) is 3.64. The third-order valence-electron chi connectivity index (χ3n) is 2.64. The lowest BCUT2D eigenvalue weighted by molar-refractivity contribution is 0.281. The molecule has 0 aliphatic carbocycles. The Morgan fingerprint density at radius 1 is 1.33 bits per heavy atom. The van der Waals surface area contributed by atoms with Gasteiger partial charge in [0.25, 0.3) is 0 Å². The first-order valence-electron chi connectivity index (χ1n) is 4.88. The van der Waals surface area contributed by atoms with Crippen molar-refractivity contribution in [3.05, 3.63) is 35.5 Å². The van der Waals surface area contributed by atoms with E-state index in [1.807, 2.05) is 30.7 Å². The molecule has 4 heteroatoms. The summed E-state index contributed by atoms with van der Waals surface area (Å²) in [5, 5.41) is 0. The van der Waals surface area contributed by atoms with Gasteiger partial charge in [-0.25, -0.2) is 9.97 Å². The van der Waals surface area contributed by atoms with Crippen molar-refractivity contribution in [2.45, 2.75) is 20.5 Å². The molecule has 0 bridgehead atoms. The van der Waals surface area contributed by atoms with Crippen molar-refractivity contribution >= 4 is 0 Å². The molecule has 0 saturated heterocycles. The predicted octanol–water partition coefficient (Wildman–Crippen LogP) is 1.78. The van der Waals surface area contributed by atoms with E-state index in [9.17, 15) is 0 Å². The normalized spacial score (nSPS) is 12.9. The van der Waals surface area contributed by atoms with Crippen LogP contribution in [0.5, 0.6) is 5.75 Å². The van der Waals surface area contributed by atoms with Gasteiger partial charge in [0.15, 0.2) is 11.6 Å². The Balaban J connectivity index is 2.26. The van der Waals surface area contributed by atoms with Gasteiger partial charge < -0.3 is 4.74 Å². The number of ether oxygens (including phenoxy) is 1. The number of rotatable bonds is 0. The van der Waals surface area contributed by atoms with E-state index in [-0.39, 0.29) is 0 Å². The van der Waals surface area contributed by atoms with E-state index < -0.39 is 0 Å². The van der Waals surface area contributed by atoms with Crippen LogP contribution in [0.4, 0.5) is 0 Å². The number of aryl methyl sites for hydroxylation is 2. The Morgan fingerprint density at radius 2 is 2.20 bits per heavy atom. The molecule has 0 radical (unpaired) electrons. The van der Waals surface area contributed by atoms with E-state index in [2.05, 4.69) is 9.97 Å². The summed E-state index contributed by atoms with van der Waals surface area (Å²) >= 11 is 0. The standard InChI is InChI=1S/C11H11N3O/c1-7-3-10-11(12-4-7)14-6-13-8(2)9(14)5-15-10/h3-4,6H,5H2,1-2H3. The van der Waals surface area contributed by atoms with Gasteiger partial charge in [-0.05, 0) is 25.5 Å². The van der Waals surface area contributed by atoms with Crippen LogP contribution >= 0.6 is 0 Å². The molecule has 4 nitrogen and oxygen atoms in total. The van der Waals surface area contributed by atoms with Gasteiger partial charge in [0.1, 0.15) is 12.9 Å². The van der Waals surface area contributed by atoms with Gasteiger partial charge in [0.2, 0.25) is 0 Å². The minimum Gasteiger partial charge on any atom is -0.483 e. The van der Waals surface area contributed by atoms with Gasteiger partial charge in [-0.15, -0.1) is 0 Å². The highest BCUT2D eigenvalue weighted by molar-refractivity contribution is 5.46. The first-order chi connectivity index (χ1) is 7.25. The molecule has 3 rings (SSSR count). The number of nitrogens with zero attached hydrogens (tertiary/aromatic N) is 3. The fourth-order valence-corrected chi connectivity index (χ4v) is 1.79. The van der Waals surface area contributed by atoms with E-state index in [0.29, 0.717) is 6.61 Å². The van der Waals surface area contributed by atoms with Crippen molar-refractivity contribution < 1.29 is 4.74 Å². The summed E-state index contributed by atoms with van der Waals surface area (Å²) in [5.74, 6) is 1.67. The molecular formula is C11H11N3O. The van der Waals surface area contributed by atoms with Gasteiger partial charge >= 0.3 is 0 Å². The van der Waals surface area contributed by atoms with Gasteiger partial charge in [-0.1, -0.05) is 0 Å². The van der Waals surface area contributed by atoms with Crippen LogP contribution in [0.2, 0.25) is 0 Å². The highest BCUT2D eigenvalue weighted by atomic mass is 16.5. The smallest absolute Gasteiger partial charge is 0.181 e. The molecule has 0 unspecified atom stereocenters. The summed E-state index contributed by atoms with van der Waals surface area (Å²) in [4.78, 5) is 8.63. The van der Waals surface area contributed by atoms with Crippen molar-refractivity contribution in [2.24, 2.45) is 0 Å². The van der Waals surface area contributed by atoms with Crippen LogP contribution in [0.1, 0.15) is 17.0 Å². The Morgan fingerprint density at radius 3 is 3.07 bits per heavy atom. The topological polar surface area (TPSA) is 39.9 Å². The highest BCUT2D eigenvalue weighted by Crippen LogP contribution is 2.29. The fourth-order valence-electron chi connectivity index (χ4n) is 1.79. The SMILES string of the molecule is Cc1cnc2c(c1)OCc1c(C)ncn1-2. The Bertz CT molecular complexity index is 531. The van der Waals surface area contributed by atoms with Crippen LogP contribution in [0, 0.1) is 13.8 Å². The monoisotopic (exact) mass is 201 g/mol. The van der Waals surface area contributed by atoms with Gasteiger partial charge in [-0.2, -0.15) is 0 Å². The fraction of sp³-hybridized carbons (Fsp3) is 0.273. The van der Waals surface area contributed by atoms with Crippen LogP contribution in [0.15, 0.2) is 18.6 Å². The number of pyridine rings is 1. The van der Waals surface area contributed by atoms with Crippen LogP contribution in [0.3, 0.4) is 0 Å². The maximum atomic E-state index is 5.65. The third-order valence-corrected chi connectivity index (χ3v) is 2.64. The largest absolute Gasteiger partial charge is 0.483 e. The maximum absolute atomic E-state index is 5.65. The van der Waals surface area contributed by atoms with E-state index in [1.54, 1.807) is 6.33 Å². The van der Waals surface area contributed by atoms with Crippen molar-refractivity contribution in [2.75, 3.05) is 0 Å². The average molecular weight is 201 g/mol. The Labute approximate surface area is 87.5 Å². The Kier molecular flexibility index (Phi) is 1.59. The quantitative estimate of drug-likeness (QED) is 0.652. The molecule has 2 aromatic heterocycles. The van der Waals surface area contributed by atoms with E-state index in [4.69, 9.17) is 4.74 Å². The van der Waals surface area contributed by atoms with Crippen molar-refractivity contribution in [1.82, 2.24) is 14.5 Å². The zero-order valence-electron chi connectivity index (χ0n) is 8.69. The number of aromatic nitrogens is 3. The van der Waals surface area contributed by atoms with Gasteiger partial charge in [0.05, 0.1) is 11.4 Å². The molecule has 0 spiro atoms. The predicted molar refractivity (Wildman–Crippen MR) is 55.2 cm³/mol. The molecule has 3 heterocycles. The van der Waals surface area contributed by atoms with Crippen LogP contribution < -0.4 is 4.74 Å². The lowest BCUT2D eigenvalue weighted by Gasteiger charge is -2.19. The first-order valence-corrected chi connectivity index (χ1v) is 4.88. The van der Waals surface area contributed by atoms with E-state index >= 15 is 0 Å². The van der Waals surface area contributed by atoms with E-state index in [1.165, 1.54) is 0 Å². The number of hydrogen-bond donors (Lipinski definition) is 0. The highest BCUT2D eigenvalue weighted by Gasteiger charge is 2.19. The van der Waals surface area contributed by atoms with Crippen LogP contribution in [0.25, 0.3) is 5.82 Å². The van der Waals surface area contributed by atoms with Gasteiger partial charge in [0, 0.05) is 6.20 Å². The van der Waals surface area contributed by atoms with Crippen LogP contribution in [-0.2, 0) is 6.61 Å². The summed E-state index contributed by atoms with van der Waals surface area (Å²) < 4.78 is 7.64. The molecule has 0 saturated carbocycles. The second-order valence-corrected chi connectivity index (χ2v) is 3.77. The molecule has 76 valence electrons. The second kappa shape index (κ2) is 2.82. The molecular weight excluding hydrogens is 190 g/mol. The maximum Gasteiger partial charge on any atom is 0.181 e.